The molecule has 3 N–H and O–H groups in total. The third kappa shape index (κ3) is 6.01. The number of nitrogens with zero attached hydrogens (tertiary/aromatic N) is 2. The van der Waals surface area contributed by atoms with Gasteiger partial charge in [-0.15, -0.1) is 0 Å². The molecule has 0 aliphatic carbocycles. The number of para-hydroxylation sites is 1. The quantitative estimate of drug-likeness (QED) is 0.318. The van der Waals surface area contributed by atoms with Gasteiger partial charge in [-0.1, -0.05) is 43.2 Å². The van der Waals surface area contributed by atoms with Crippen molar-refractivity contribution in [3.05, 3.63) is 59.7 Å². The van der Waals surface area contributed by atoms with Gasteiger partial charge in [-0.05, 0) is 31.0 Å². The number of fused-ring (bicyclic) bond motifs is 1. The van der Waals surface area contributed by atoms with Crippen molar-refractivity contribution in [3.63, 3.8) is 0 Å². The molecule has 0 aromatic heterocycles. The Bertz CT molecular complexity index is 1000. The largest absolute Gasteiger partial charge is 0.326 e. The Labute approximate surface area is 187 Å². The molecule has 0 saturated heterocycles. The topological polar surface area (TPSA) is 111 Å². The molecule has 0 saturated carbocycles. The predicted octanol–water partition coefficient (Wildman–Crippen LogP) is 3.28. The molecule has 1 heterocycles. The minimum atomic E-state index is -0.386. The average Bonchev–Trinajstić information content (AvgIpc) is 2.93. The second-order valence-corrected chi connectivity index (χ2v) is 7.71. The molecule has 0 spiro atoms. The number of nitrogens with one attached hydrogen (secondary N) is 2. The molecule has 3 rings (SSSR count). The van der Waals surface area contributed by atoms with Gasteiger partial charge in [-0.3, -0.25) is 24.6 Å². The number of benzodiazepines with no additional fused rings is 1. The van der Waals surface area contributed by atoms with E-state index in [-0.39, 0.29) is 30.7 Å². The predicted molar refractivity (Wildman–Crippen MR) is 123 cm³/mol. The van der Waals surface area contributed by atoms with E-state index in [0.717, 1.165) is 41.8 Å². The molecule has 2 aromatic rings. The lowest BCUT2D eigenvalue weighted by Crippen LogP contribution is -2.27. The maximum Gasteiger partial charge on any atom is 0.248 e. The van der Waals surface area contributed by atoms with Gasteiger partial charge in [0, 0.05) is 36.7 Å². The summed E-state index contributed by atoms with van der Waals surface area (Å²) in [5, 5.41) is 11.3. The molecule has 0 unspecified atom stereocenters. The molecule has 1 aliphatic heterocycles. The van der Waals surface area contributed by atoms with Gasteiger partial charge in [0.05, 0.1) is 11.4 Å². The van der Waals surface area contributed by atoms with Crippen molar-refractivity contribution in [1.29, 1.82) is 0 Å². The number of rotatable bonds is 9. The van der Waals surface area contributed by atoms with Crippen LogP contribution in [0.2, 0.25) is 0 Å². The highest BCUT2D eigenvalue weighted by atomic mass is 16.5. The molecule has 168 valence electrons. The van der Waals surface area contributed by atoms with Crippen molar-refractivity contribution in [1.82, 2.24) is 5.48 Å². The van der Waals surface area contributed by atoms with Crippen LogP contribution in [0.3, 0.4) is 0 Å². The van der Waals surface area contributed by atoms with Crippen LogP contribution in [-0.2, 0) is 14.4 Å². The molecule has 2 aromatic carbocycles. The fourth-order valence-electron chi connectivity index (χ4n) is 3.60. The van der Waals surface area contributed by atoms with Gasteiger partial charge in [0.15, 0.2) is 0 Å². The Kier molecular flexibility index (Phi) is 8.10. The minimum Gasteiger partial charge on any atom is -0.326 e. The number of amides is 3. The van der Waals surface area contributed by atoms with Crippen LogP contribution in [-0.4, -0.2) is 42.2 Å². The van der Waals surface area contributed by atoms with Crippen molar-refractivity contribution in [2.75, 3.05) is 23.8 Å². The lowest BCUT2D eigenvalue weighted by molar-refractivity contribution is -0.129. The van der Waals surface area contributed by atoms with Gasteiger partial charge < -0.3 is 10.2 Å². The smallest absolute Gasteiger partial charge is 0.248 e. The summed E-state index contributed by atoms with van der Waals surface area (Å²) in [5.41, 5.74) is 5.67. The van der Waals surface area contributed by atoms with Gasteiger partial charge in [0.25, 0.3) is 0 Å². The molecule has 0 atom stereocenters. The van der Waals surface area contributed by atoms with E-state index in [2.05, 4.69) is 10.3 Å². The first-order valence-electron chi connectivity index (χ1n) is 10.7. The molecular weight excluding hydrogens is 408 g/mol. The fraction of sp³-hybridized carbons (Fsp3) is 0.333. The minimum absolute atomic E-state index is 0.0600. The van der Waals surface area contributed by atoms with Crippen LogP contribution in [0.1, 0.15) is 49.7 Å². The first kappa shape index (κ1) is 23.1. The summed E-state index contributed by atoms with van der Waals surface area (Å²) in [6, 6.07) is 15.1. The van der Waals surface area contributed by atoms with Crippen molar-refractivity contribution in [2.45, 2.75) is 38.5 Å². The van der Waals surface area contributed by atoms with Gasteiger partial charge in [-0.2, -0.15) is 0 Å². The fourth-order valence-corrected chi connectivity index (χ4v) is 3.60. The van der Waals surface area contributed by atoms with E-state index in [1.165, 1.54) is 0 Å². The van der Waals surface area contributed by atoms with Crippen LogP contribution < -0.4 is 15.7 Å². The summed E-state index contributed by atoms with van der Waals surface area (Å²) >= 11 is 0. The number of hydrogen-bond acceptors (Lipinski definition) is 5. The van der Waals surface area contributed by atoms with Crippen molar-refractivity contribution >= 4 is 34.8 Å². The van der Waals surface area contributed by atoms with E-state index in [0.29, 0.717) is 18.5 Å². The van der Waals surface area contributed by atoms with E-state index in [4.69, 9.17) is 5.21 Å². The van der Waals surface area contributed by atoms with E-state index < -0.39 is 0 Å². The van der Waals surface area contributed by atoms with E-state index >= 15 is 0 Å². The Morgan fingerprint density at radius 2 is 1.62 bits per heavy atom. The highest BCUT2D eigenvalue weighted by Gasteiger charge is 2.21. The Morgan fingerprint density at radius 3 is 2.31 bits per heavy atom. The van der Waals surface area contributed by atoms with Crippen molar-refractivity contribution in [2.24, 2.45) is 4.99 Å². The zero-order valence-corrected chi connectivity index (χ0v) is 18.1. The van der Waals surface area contributed by atoms with E-state index in [9.17, 15) is 14.4 Å². The number of hydroxylamine groups is 1. The van der Waals surface area contributed by atoms with Gasteiger partial charge in [-0.25, -0.2) is 5.48 Å². The van der Waals surface area contributed by atoms with Crippen LogP contribution in [0.4, 0.5) is 11.4 Å². The Hall–Kier alpha value is -3.52. The number of anilines is 2. The Morgan fingerprint density at radius 1 is 0.969 bits per heavy atom. The van der Waals surface area contributed by atoms with Crippen molar-refractivity contribution < 1.29 is 19.6 Å². The normalized spacial score (nSPS) is 13.1. The number of aliphatic imine (C=N–C) groups is 1. The number of likely N-dealkylation sites (N-methyl/N-ethyl adjacent to an activating group) is 1. The second kappa shape index (κ2) is 11.2. The molecular formula is C24H28N4O4. The highest BCUT2D eigenvalue weighted by molar-refractivity contribution is 6.19. The zero-order valence-electron chi connectivity index (χ0n) is 18.1. The molecule has 8 nitrogen and oxygen atoms in total. The third-order valence-corrected chi connectivity index (χ3v) is 5.39. The summed E-state index contributed by atoms with van der Waals surface area (Å²) < 4.78 is 0. The molecule has 1 aliphatic rings. The summed E-state index contributed by atoms with van der Waals surface area (Å²) in [5.74, 6) is -0.508. The number of carbonyl (C=O) groups excluding carboxylic acids is 3. The van der Waals surface area contributed by atoms with E-state index in [1.54, 1.807) is 17.4 Å². The van der Waals surface area contributed by atoms with Gasteiger partial charge in [0.2, 0.25) is 17.7 Å². The second-order valence-electron chi connectivity index (χ2n) is 7.71. The maximum atomic E-state index is 12.3. The van der Waals surface area contributed by atoms with Gasteiger partial charge in [0.1, 0.15) is 6.54 Å². The lowest BCUT2D eigenvalue weighted by atomic mass is 10.00. The molecule has 0 bridgehead atoms. The van der Waals surface area contributed by atoms with Crippen LogP contribution >= 0.6 is 0 Å². The lowest BCUT2D eigenvalue weighted by Gasteiger charge is -2.17. The third-order valence-electron chi connectivity index (χ3n) is 5.39. The van der Waals surface area contributed by atoms with Crippen LogP contribution in [0, 0.1) is 0 Å². The first-order valence-corrected chi connectivity index (χ1v) is 10.7. The molecule has 0 fully saturated rings. The summed E-state index contributed by atoms with van der Waals surface area (Å²) in [4.78, 5) is 41.6. The van der Waals surface area contributed by atoms with Crippen LogP contribution in [0.15, 0.2) is 53.5 Å². The average molecular weight is 437 g/mol. The zero-order chi connectivity index (χ0) is 22.9. The SMILES string of the molecule is CN1C(=O)CN=C(c2ccc(NC(=O)CCCCCCC(=O)NO)cc2)c2ccccc21. The van der Waals surface area contributed by atoms with Gasteiger partial charge >= 0.3 is 0 Å². The number of hydrogen-bond donors (Lipinski definition) is 3. The van der Waals surface area contributed by atoms with Crippen molar-refractivity contribution in [3.8, 4) is 0 Å². The summed E-state index contributed by atoms with van der Waals surface area (Å²) in [6.07, 6.45) is 3.79. The maximum absolute atomic E-state index is 12.3. The summed E-state index contributed by atoms with van der Waals surface area (Å²) in [6.45, 7) is 0.0870. The Balaban J connectivity index is 1.55. The van der Waals surface area contributed by atoms with Crippen LogP contribution in [0.25, 0.3) is 0 Å². The molecule has 8 heteroatoms. The first-order chi connectivity index (χ1) is 15.5. The van der Waals surface area contributed by atoms with Crippen LogP contribution in [0.5, 0.6) is 0 Å². The monoisotopic (exact) mass is 436 g/mol. The number of carbonyl (C=O) groups is 3. The molecule has 0 radical (unpaired) electrons. The van der Waals surface area contributed by atoms with E-state index in [1.807, 2.05) is 48.5 Å². The standard InChI is InChI=1S/C24H28N4O4/c1-28-20-9-7-6-8-19(20)24(25-16-23(28)31)17-12-14-18(15-13-17)26-21(29)10-4-2-3-5-11-22(30)27-32/h6-9,12-15,32H,2-5,10-11,16H2,1H3,(H,26,29)(H,27,30). The summed E-state index contributed by atoms with van der Waals surface area (Å²) in [7, 11) is 1.75. The molecule has 3 amide bonds. The number of unbranched alkanes of at least 4 members (excludes halogenated alkanes) is 3. The highest BCUT2D eigenvalue weighted by Crippen LogP contribution is 2.26. The molecule has 32 heavy (non-hydrogen) atoms. The number of benzene rings is 2.